The van der Waals surface area contributed by atoms with E-state index < -0.39 is 12.1 Å². The number of nitrogen functional groups attached to an aromatic ring is 1. The molecule has 0 saturated heterocycles. The molecule has 5 nitrogen and oxygen atoms in total. The van der Waals surface area contributed by atoms with Gasteiger partial charge in [-0.3, -0.25) is 9.59 Å². The van der Waals surface area contributed by atoms with Gasteiger partial charge in [-0.25, -0.2) is 0 Å². The van der Waals surface area contributed by atoms with Gasteiger partial charge < -0.3 is 16.4 Å². The zero-order valence-corrected chi connectivity index (χ0v) is 12.4. The molecule has 0 unspecified atom stereocenters. The number of halogens is 3. The highest BCUT2D eigenvalue weighted by Gasteiger charge is 2.38. The third kappa shape index (κ3) is 4.73. The third-order valence-electron chi connectivity index (χ3n) is 3.07. The third-order valence-corrected chi connectivity index (χ3v) is 3.07. The molecule has 2 amide bonds. The zero-order valence-electron chi connectivity index (χ0n) is 12.4. The van der Waals surface area contributed by atoms with E-state index in [0.29, 0.717) is 22.5 Å². The lowest BCUT2D eigenvalue weighted by Crippen LogP contribution is -2.36. The van der Waals surface area contributed by atoms with E-state index in [1.807, 2.05) is 0 Å². The fourth-order valence-electron chi connectivity index (χ4n) is 1.88. The van der Waals surface area contributed by atoms with Gasteiger partial charge in [0, 0.05) is 23.5 Å². The van der Waals surface area contributed by atoms with Gasteiger partial charge in [0.2, 0.25) is 0 Å². The van der Waals surface area contributed by atoms with Gasteiger partial charge in [-0.1, -0.05) is 12.1 Å². The van der Waals surface area contributed by atoms with Crippen LogP contribution in [0.2, 0.25) is 0 Å². The van der Waals surface area contributed by atoms with Gasteiger partial charge in [-0.05, 0) is 42.0 Å². The van der Waals surface area contributed by atoms with Crippen LogP contribution < -0.4 is 16.4 Å². The molecular weight excluding hydrogens is 323 g/mol. The van der Waals surface area contributed by atoms with Crippen molar-refractivity contribution in [2.24, 2.45) is 0 Å². The average Bonchev–Trinajstić information content (AvgIpc) is 2.52. The van der Waals surface area contributed by atoms with Gasteiger partial charge in [-0.2, -0.15) is 13.2 Å². The molecule has 24 heavy (non-hydrogen) atoms. The maximum Gasteiger partial charge on any atom is 0.471 e. The number of anilines is 2. The molecule has 4 N–H and O–H groups in total. The molecule has 0 aromatic heterocycles. The summed E-state index contributed by atoms with van der Waals surface area (Å²) in [4.78, 5) is 22.9. The predicted octanol–water partition coefficient (Wildman–Crippen LogP) is 2.70. The maximum atomic E-state index is 12.1. The maximum absolute atomic E-state index is 12.1. The lowest BCUT2D eigenvalue weighted by Gasteiger charge is -2.10. The predicted molar refractivity (Wildman–Crippen MR) is 83.2 cm³/mol. The Morgan fingerprint density at radius 2 is 1.71 bits per heavy atom. The quantitative estimate of drug-likeness (QED) is 0.750. The first kappa shape index (κ1) is 17.3. The summed E-state index contributed by atoms with van der Waals surface area (Å²) in [6.07, 6.45) is -4.93. The Balaban J connectivity index is 2.01. The molecule has 126 valence electrons. The highest BCUT2D eigenvalue weighted by molar-refractivity contribution is 6.04. The number of carbonyl (C=O) groups excluding carboxylic acids is 2. The lowest BCUT2D eigenvalue weighted by molar-refractivity contribution is -0.173. The van der Waals surface area contributed by atoms with Crippen molar-refractivity contribution >= 4 is 23.2 Å². The van der Waals surface area contributed by atoms with Crippen molar-refractivity contribution in [1.82, 2.24) is 5.32 Å². The van der Waals surface area contributed by atoms with E-state index in [1.54, 1.807) is 41.7 Å². The lowest BCUT2D eigenvalue weighted by atomic mass is 10.1. The van der Waals surface area contributed by atoms with Crippen molar-refractivity contribution in [2.75, 3.05) is 11.1 Å². The van der Waals surface area contributed by atoms with E-state index in [0.717, 1.165) is 0 Å². The Morgan fingerprint density at radius 1 is 1.04 bits per heavy atom. The molecule has 0 bridgehead atoms. The van der Waals surface area contributed by atoms with E-state index >= 15 is 0 Å². The molecule has 2 aromatic carbocycles. The molecule has 2 rings (SSSR count). The van der Waals surface area contributed by atoms with Crippen molar-refractivity contribution in [3.8, 4) is 0 Å². The fourth-order valence-corrected chi connectivity index (χ4v) is 1.88. The molecule has 0 spiro atoms. The van der Waals surface area contributed by atoms with Crippen molar-refractivity contribution in [3.63, 3.8) is 0 Å². The summed E-state index contributed by atoms with van der Waals surface area (Å²) in [7, 11) is 0. The van der Waals surface area contributed by atoms with Crippen LogP contribution in [0.3, 0.4) is 0 Å². The number of nitrogens with two attached hydrogens (primary N) is 1. The van der Waals surface area contributed by atoms with Gasteiger partial charge >= 0.3 is 12.1 Å². The van der Waals surface area contributed by atoms with Crippen molar-refractivity contribution in [3.05, 3.63) is 59.7 Å². The fraction of sp³-hybridized carbons (Fsp3) is 0.125. The number of amides is 2. The summed E-state index contributed by atoms with van der Waals surface area (Å²) in [5.41, 5.74) is 7.27. The van der Waals surface area contributed by atoms with E-state index in [4.69, 9.17) is 5.73 Å². The van der Waals surface area contributed by atoms with Crippen LogP contribution in [-0.2, 0) is 11.3 Å². The zero-order chi connectivity index (χ0) is 17.7. The van der Waals surface area contributed by atoms with E-state index in [2.05, 4.69) is 5.32 Å². The molecule has 0 aliphatic carbocycles. The first-order valence-electron chi connectivity index (χ1n) is 6.86. The largest absolute Gasteiger partial charge is 0.471 e. The number of alkyl halides is 3. The summed E-state index contributed by atoms with van der Waals surface area (Å²) in [5, 5.41) is 4.39. The van der Waals surface area contributed by atoms with Gasteiger partial charge in [0.1, 0.15) is 0 Å². The minimum atomic E-state index is -4.93. The van der Waals surface area contributed by atoms with Gasteiger partial charge in [0.15, 0.2) is 0 Å². The Morgan fingerprint density at radius 3 is 2.33 bits per heavy atom. The van der Waals surface area contributed by atoms with Gasteiger partial charge in [0.25, 0.3) is 5.91 Å². The average molecular weight is 337 g/mol. The molecule has 0 fully saturated rings. The summed E-state index contributed by atoms with van der Waals surface area (Å²) >= 11 is 0. The van der Waals surface area contributed by atoms with Gasteiger partial charge in [-0.15, -0.1) is 0 Å². The van der Waals surface area contributed by atoms with Crippen molar-refractivity contribution in [2.45, 2.75) is 12.7 Å². The Bertz CT molecular complexity index is 743. The van der Waals surface area contributed by atoms with Crippen LogP contribution in [0, 0.1) is 0 Å². The number of hydrogen-bond donors (Lipinski definition) is 3. The van der Waals surface area contributed by atoms with Crippen LogP contribution in [0.5, 0.6) is 0 Å². The summed E-state index contributed by atoms with van der Waals surface area (Å²) in [6, 6.07) is 12.4. The first-order chi connectivity index (χ1) is 11.3. The smallest absolute Gasteiger partial charge is 0.399 e. The van der Waals surface area contributed by atoms with Crippen LogP contribution in [0.15, 0.2) is 48.5 Å². The summed E-state index contributed by atoms with van der Waals surface area (Å²) < 4.78 is 36.4. The monoisotopic (exact) mass is 337 g/mol. The minimum absolute atomic E-state index is 0.302. The second-order valence-corrected chi connectivity index (χ2v) is 4.96. The van der Waals surface area contributed by atoms with Crippen LogP contribution >= 0.6 is 0 Å². The molecule has 0 aliphatic rings. The molecule has 2 aromatic rings. The molecule has 0 heterocycles. The Labute approximate surface area is 135 Å². The van der Waals surface area contributed by atoms with Crippen molar-refractivity contribution < 1.29 is 22.8 Å². The second kappa shape index (κ2) is 7.03. The highest BCUT2D eigenvalue weighted by Crippen LogP contribution is 2.16. The Hall–Kier alpha value is -3.03. The SMILES string of the molecule is Nc1ccc(C(=O)Nc2cccc(CNC(=O)C(F)(F)F)c2)cc1. The second-order valence-electron chi connectivity index (χ2n) is 4.96. The van der Waals surface area contributed by atoms with Crippen LogP contribution in [0.25, 0.3) is 0 Å². The van der Waals surface area contributed by atoms with E-state index in [1.165, 1.54) is 12.1 Å². The molecule has 0 radical (unpaired) electrons. The number of benzene rings is 2. The number of carbonyl (C=O) groups is 2. The molecule has 0 saturated carbocycles. The molecule has 8 heteroatoms. The van der Waals surface area contributed by atoms with Crippen LogP contribution in [-0.4, -0.2) is 18.0 Å². The number of rotatable bonds is 4. The van der Waals surface area contributed by atoms with Crippen LogP contribution in [0.4, 0.5) is 24.5 Å². The Kier molecular flexibility index (Phi) is 5.08. The number of nitrogens with one attached hydrogen (secondary N) is 2. The van der Waals surface area contributed by atoms with Crippen molar-refractivity contribution in [1.29, 1.82) is 0 Å². The molecule has 0 aliphatic heterocycles. The highest BCUT2D eigenvalue weighted by atomic mass is 19.4. The summed E-state index contributed by atoms with van der Waals surface area (Å²) in [5.74, 6) is -2.40. The number of hydrogen-bond acceptors (Lipinski definition) is 3. The standard InChI is InChI=1S/C16H14F3N3O2/c17-16(18,19)15(24)21-9-10-2-1-3-13(8-10)22-14(23)11-4-6-12(20)7-5-11/h1-8H,9,20H2,(H,21,24)(H,22,23). The molecule has 0 atom stereocenters. The normalized spacial score (nSPS) is 11.0. The first-order valence-corrected chi connectivity index (χ1v) is 6.86. The topological polar surface area (TPSA) is 84.2 Å². The minimum Gasteiger partial charge on any atom is -0.399 e. The molecular formula is C16H14F3N3O2. The van der Waals surface area contributed by atoms with Crippen LogP contribution in [0.1, 0.15) is 15.9 Å². The van der Waals surface area contributed by atoms with Gasteiger partial charge in [0.05, 0.1) is 0 Å². The van der Waals surface area contributed by atoms with E-state index in [-0.39, 0.29) is 12.5 Å². The summed E-state index contributed by atoms with van der Waals surface area (Å²) in [6.45, 7) is -0.302. The van der Waals surface area contributed by atoms with E-state index in [9.17, 15) is 22.8 Å².